The first-order valence-electron chi connectivity index (χ1n) is 6.82. The van der Waals surface area contributed by atoms with Crippen molar-refractivity contribution in [1.82, 2.24) is 9.78 Å². The van der Waals surface area contributed by atoms with E-state index < -0.39 is 0 Å². The molecule has 4 heteroatoms. The predicted octanol–water partition coefficient (Wildman–Crippen LogP) is 2.64. The Kier molecular flexibility index (Phi) is 6.05. The molecule has 0 aliphatic rings. The molecule has 18 heavy (non-hydrogen) atoms. The topological polar surface area (TPSA) is 44.1 Å². The molecule has 0 radical (unpaired) electrons. The van der Waals surface area contributed by atoms with Gasteiger partial charge >= 0.3 is 0 Å². The van der Waals surface area contributed by atoms with E-state index in [0.29, 0.717) is 0 Å². The molecule has 0 saturated carbocycles. The summed E-state index contributed by atoms with van der Waals surface area (Å²) in [4.78, 5) is 11.7. The number of ether oxygens (including phenoxy) is 1. The lowest BCUT2D eigenvalue weighted by Gasteiger charge is -2.06. The van der Waals surface area contributed by atoms with E-state index in [-0.39, 0.29) is 5.78 Å². The third kappa shape index (κ3) is 3.42. The van der Waals surface area contributed by atoms with Gasteiger partial charge in [-0.2, -0.15) is 5.10 Å². The van der Waals surface area contributed by atoms with Crippen LogP contribution in [0.5, 0.6) is 0 Å². The summed E-state index contributed by atoms with van der Waals surface area (Å²) in [7, 11) is 0. The van der Waals surface area contributed by atoms with Crippen molar-refractivity contribution in [3.05, 3.63) is 17.0 Å². The summed E-state index contributed by atoms with van der Waals surface area (Å²) in [5, 5.41) is 4.56. The van der Waals surface area contributed by atoms with Crippen LogP contribution in [-0.2, 0) is 24.1 Å². The first-order valence-corrected chi connectivity index (χ1v) is 6.82. The molecule has 0 fully saturated rings. The van der Waals surface area contributed by atoms with Gasteiger partial charge in [-0.05, 0) is 33.1 Å². The zero-order chi connectivity index (χ0) is 13.5. The Bertz CT molecular complexity index is 397. The first-order chi connectivity index (χ1) is 8.65. The second-order valence-corrected chi connectivity index (χ2v) is 4.31. The van der Waals surface area contributed by atoms with Crippen LogP contribution in [0.15, 0.2) is 0 Å². The van der Waals surface area contributed by atoms with Crippen molar-refractivity contribution in [2.24, 2.45) is 0 Å². The van der Waals surface area contributed by atoms with Gasteiger partial charge in [0, 0.05) is 25.5 Å². The standard InChI is InChI=1S/C14H24N2O2/c1-5-12-14(11(4)17)13(6-2)16(15-12)9-8-10-18-7-3/h5-10H2,1-4H3. The van der Waals surface area contributed by atoms with Crippen LogP contribution in [0.2, 0.25) is 0 Å². The van der Waals surface area contributed by atoms with E-state index in [2.05, 4.69) is 12.0 Å². The molecule has 0 unspecified atom stereocenters. The third-order valence-corrected chi connectivity index (χ3v) is 3.01. The summed E-state index contributed by atoms with van der Waals surface area (Å²) in [5.74, 6) is 0.125. The first kappa shape index (κ1) is 14.9. The Hall–Kier alpha value is -1.16. The van der Waals surface area contributed by atoms with Crippen molar-refractivity contribution in [3.63, 3.8) is 0 Å². The summed E-state index contributed by atoms with van der Waals surface area (Å²) in [6.45, 7) is 10.0. The van der Waals surface area contributed by atoms with E-state index in [1.165, 1.54) is 0 Å². The van der Waals surface area contributed by atoms with Crippen LogP contribution in [-0.4, -0.2) is 28.8 Å². The van der Waals surface area contributed by atoms with E-state index in [9.17, 15) is 4.79 Å². The quantitative estimate of drug-likeness (QED) is 0.527. The molecule has 0 amide bonds. The number of Topliss-reactive ketones (excluding diaryl/α,β-unsaturated/α-hetero) is 1. The average molecular weight is 252 g/mol. The van der Waals surface area contributed by atoms with Crippen LogP contribution in [0, 0.1) is 0 Å². The van der Waals surface area contributed by atoms with Crippen molar-refractivity contribution < 1.29 is 9.53 Å². The van der Waals surface area contributed by atoms with Crippen LogP contribution in [0.25, 0.3) is 0 Å². The lowest BCUT2D eigenvalue weighted by Crippen LogP contribution is -2.09. The van der Waals surface area contributed by atoms with Crippen LogP contribution >= 0.6 is 0 Å². The molecule has 102 valence electrons. The maximum atomic E-state index is 11.7. The van der Waals surface area contributed by atoms with Gasteiger partial charge in [0.15, 0.2) is 5.78 Å². The minimum Gasteiger partial charge on any atom is -0.382 e. The molecule has 0 aromatic carbocycles. The Morgan fingerprint density at radius 3 is 2.50 bits per heavy atom. The second-order valence-electron chi connectivity index (χ2n) is 4.31. The van der Waals surface area contributed by atoms with Gasteiger partial charge in [0.05, 0.1) is 11.3 Å². The molecular formula is C14H24N2O2. The SMILES string of the molecule is CCOCCCn1nc(CC)c(C(C)=O)c1CC. The molecule has 0 atom stereocenters. The Morgan fingerprint density at radius 2 is 2.00 bits per heavy atom. The fourth-order valence-corrected chi connectivity index (χ4v) is 2.21. The van der Waals surface area contributed by atoms with E-state index in [1.807, 2.05) is 18.5 Å². The fourth-order valence-electron chi connectivity index (χ4n) is 2.21. The Labute approximate surface area is 109 Å². The number of nitrogens with zero attached hydrogens (tertiary/aromatic N) is 2. The highest BCUT2D eigenvalue weighted by atomic mass is 16.5. The lowest BCUT2D eigenvalue weighted by molar-refractivity contribution is 0.101. The van der Waals surface area contributed by atoms with E-state index in [1.54, 1.807) is 6.92 Å². The average Bonchev–Trinajstić information content (AvgIpc) is 2.72. The zero-order valence-corrected chi connectivity index (χ0v) is 12.0. The molecule has 0 aliphatic heterocycles. The number of aromatic nitrogens is 2. The molecule has 0 aliphatic carbocycles. The third-order valence-electron chi connectivity index (χ3n) is 3.01. The maximum Gasteiger partial charge on any atom is 0.163 e. The minimum atomic E-state index is 0.125. The smallest absolute Gasteiger partial charge is 0.163 e. The highest BCUT2D eigenvalue weighted by Crippen LogP contribution is 2.17. The molecule has 0 bridgehead atoms. The van der Waals surface area contributed by atoms with Crippen LogP contribution in [0.3, 0.4) is 0 Å². The summed E-state index contributed by atoms with van der Waals surface area (Å²) in [6, 6.07) is 0. The number of aryl methyl sites for hydroxylation is 2. The van der Waals surface area contributed by atoms with Gasteiger partial charge in [-0.1, -0.05) is 13.8 Å². The van der Waals surface area contributed by atoms with Crippen LogP contribution in [0.4, 0.5) is 0 Å². The van der Waals surface area contributed by atoms with E-state index in [0.717, 1.165) is 56.0 Å². The monoisotopic (exact) mass is 252 g/mol. The van der Waals surface area contributed by atoms with Crippen molar-refractivity contribution >= 4 is 5.78 Å². The largest absolute Gasteiger partial charge is 0.382 e. The minimum absolute atomic E-state index is 0.125. The molecule has 1 aromatic rings. The number of carbonyl (C=O) groups is 1. The summed E-state index contributed by atoms with van der Waals surface area (Å²) in [5.41, 5.74) is 2.82. The van der Waals surface area contributed by atoms with Crippen LogP contribution < -0.4 is 0 Å². The highest BCUT2D eigenvalue weighted by molar-refractivity contribution is 5.96. The number of carbonyl (C=O) groups excluding carboxylic acids is 1. The van der Waals surface area contributed by atoms with Crippen molar-refractivity contribution in [3.8, 4) is 0 Å². The number of rotatable bonds is 8. The van der Waals surface area contributed by atoms with Gasteiger partial charge in [-0.3, -0.25) is 9.48 Å². The molecule has 4 nitrogen and oxygen atoms in total. The van der Waals surface area contributed by atoms with E-state index in [4.69, 9.17) is 4.74 Å². The predicted molar refractivity (Wildman–Crippen MR) is 72.1 cm³/mol. The van der Waals surface area contributed by atoms with Gasteiger partial charge in [0.2, 0.25) is 0 Å². The summed E-state index contributed by atoms with van der Waals surface area (Å²) in [6.07, 6.45) is 2.58. The number of hydrogen-bond donors (Lipinski definition) is 0. The molecule has 1 heterocycles. The highest BCUT2D eigenvalue weighted by Gasteiger charge is 2.18. The second kappa shape index (κ2) is 7.31. The summed E-state index contributed by atoms with van der Waals surface area (Å²) >= 11 is 0. The molecule has 1 rings (SSSR count). The summed E-state index contributed by atoms with van der Waals surface area (Å²) < 4.78 is 7.31. The zero-order valence-electron chi connectivity index (χ0n) is 12.0. The normalized spacial score (nSPS) is 10.9. The van der Waals surface area contributed by atoms with Gasteiger partial charge in [0.1, 0.15) is 0 Å². The van der Waals surface area contributed by atoms with Gasteiger partial charge in [0.25, 0.3) is 0 Å². The van der Waals surface area contributed by atoms with Crippen LogP contribution in [0.1, 0.15) is 55.9 Å². The molecule has 0 saturated heterocycles. The number of ketones is 1. The maximum absolute atomic E-state index is 11.7. The van der Waals surface area contributed by atoms with Gasteiger partial charge in [-0.25, -0.2) is 0 Å². The van der Waals surface area contributed by atoms with E-state index >= 15 is 0 Å². The Morgan fingerprint density at radius 1 is 1.28 bits per heavy atom. The van der Waals surface area contributed by atoms with Crippen molar-refractivity contribution in [2.45, 2.75) is 53.5 Å². The van der Waals surface area contributed by atoms with Crippen molar-refractivity contribution in [1.29, 1.82) is 0 Å². The molecule has 0 spiro atoms. The number of hydrogen-bond acceptors (Lipinski definition) is 3. The fraction of sp³-hybridized carbons (Fsp3) is 0.714. The molecule has 0 N–H and O–H groups in total. The van der Waals surface area contributed by atoms with Crippen molar-refractivity contribution in [2.75, 3.05) is 13.2 Å². The molecule has 1 aromatic heterocycles. The lowest BCUT2D eigenvalue weighted by atomic mass is 10.1. The Balaban J connectivity index is 2.87. The van der Waals surface area contributed by atoms with Gasteiger partial charge < -0.3 is 4.74 Å². The van der Waals surface area contributed by atoms with Gasteiger partial charge in [-0.15, -0.1) is 0 Å². The molecular weight excluding hydrogens is 228 g/mol.